The summed E-state index contributed by atoms with van der Waals surface area (Å²) < 4.78 is 38.4. The van der Waals surface area contributed by atoms with Crippen molar-refractivity contribution in [1.82, 2.24) is 25.2 Å². The van der Waals surface area contributed by atoms with Gasteiger partial charge in [0.25, 0.3) is 0 Å². The molecule has 11 heteroatoms. The van der Waals surface area contributed by atoms with E-state index >= 15 is 0 Å². The summed E-state index contributed by atoms with van der Waals surface area (Å²) in [5, 5.41) is 12.9. The highest BCUT2D eigenvalue weighted by molar-refractivity contribution is 6.33. The van der Waals surface area contributed by atoms with Crippen LogP contribution in [0.1, 0.15) is 11.1 Å². The van der Waals surface area contributed by atoms with E-state index in [0.29, 0.717) is 11.1 Å². The van der Waals surface area contributed by atoms with Gasteiger partial charge in [-0.2, -0.15) is 23.1 Å². The Morgan fingerprint density at radius 3 is 2.32 bits per heavy atom. The minimum absolute atomic E-state index is 0.0152. The quantitative estimate of drug-likeness (QED) is 0.615. The summed E-state index contributed by atoms with van der Waals surface area (Å²) in [7, 11) is 3.22. The molecule has 2 aromatic carbocycles. The molecule has 0 aliphatic rings. The van der Waals surface area contributed by atoms with E-state index in [9.17, 15) is 23.1 Å². The van der Waals surface area contributed by atoms with E-state index in [1.54, 1.807) is 32.3 Å². The SMILES string of the molecule is CN(C)C(=O)NCc1ccc(Cl)c(-c2nc(O)nc(-c3ccc(C(F)(F)F)cc3)n2)c1. The summed E-state index contributed by atoms with van der Waals surface area (Å²) in [6.07, 6.45) is -4.47. The Morgan fingerprint density at radius 2 is 1.71 bits per heavy atom. The van der Waals surface area contributed by atoms with Crippen LogP contribution in [0.3, 0.4) is 0 Å². The second-order valence-corrected chi connectivity index (χ2v) is 7.13. The van der Waals surface area contributed by atoms with E-state index in [2.05, 4.69) is 20.3 Å². The van der Waals surface area contributed by atoms with Gasteiger partial charge in [0, 0.05) is 31.8 Å². The fourth-order valence-corrected chi connectivity index (χ4v) is 2.81. The largest absolute Gasteiger partial charge is 0.479 e. The highest BCUT2D eigenvalue weighted by atomic mass is 35.5. The first-order valence-electron chi connectivity index (χ1n) is 8.91. The third kappa shape index (κ3) is 5.40. The van der Waals surface area contributed by atoms with Gasteiger partial charge >= 0.3 is 18.2 Å². The van der Waals surface area contributed by atoms with Crippen LogP contribution in [0.15, 0.2) is 42.5 Å². The molecule has 0 bridgehead atoms. The van der Waals surface area contributed by atoms with Gasteiger partial charge < -0.3 is 15.3 Å². The van der Waals surface area contributed by atoms with Crippen molar-refractivity contribution in [3.05, 3.63) is 58.6 Å². The number of hydrogen-bond donors (Lipinski definition) is 2. The van der Waals surface area contributed by atoms with Gasteiger partial charge in [-0.05, 0) is 29.8 Å². The second-order valence-electron chi connectivity index (χ2n) is 6.73. The molecular weight excluding hydrogens is 435 g/mol. The van der Waals surface area contributed by atoms with Crippen LogP contribution in [-0.2, 0) is 12.7 Å². The third-order valence-corrected chi connectivity index (χ3v) is 4.55. The first kappa shape index (κ1) is 22.3. The normalized spacial score (nSPS) is 11.3. The molecule has 0 aliphatic heterocycles. The van der Waals surface area contributed by atoms with Crippen molar-refractivity contribution in [2.24, 2.45) is 0 Å². The molecule has 0 saturated carbocycles. The summed E-state index contributed by atoms with van der Waals surface area (Å²) in [5.74, 6) is 0.0202. The molecule has 0 aliphatic carbocycles. The van der Waals surface area contributed by atoms with Gasteiger partial charge in [-0.25, -0.2) is 9.78 Å². The Balaban J connectivity index is 1.94. The number of amides is 2. The molecular formula is C20H17ClF3N5O2. The van der Waals surface area contributed by atoms with Crippen LogP contribution < -0.4 is 5.32 Å². The predicted octanol–water partition coefficient (Wildman–Crippen LogP) is 4.35. The number of carbonyl (C=O) groups is 1. The van der Waals surface area contributed by atoms with Crippen LogP contribution in [0, 0.1) is 0 Å². The van der Waals surface area contributed by atoms with Crippen LogP contribution in [0.25, 0.3) is 22.8 Å². The van der Waals surface area contributed by atoms with Gasteiger partial charge in [-0.3, -0.25) is 0 Å². The average Bonchev–Trinajstić information content (AvgIpc) is 2.71. The van der Waals surface area contributed by atoms with Crippen molar-refractivity contribution in [2.75, 3.05) is 14.1 Å². The number of halogens is 4. The van der Waals surface area contributed by atoms with Gasteiger partial charge in [0.15, 0.2) is 11.6 Å². The fourth-order valence-electron chi connectivity index (χ4n) is 2.61. The fraction of sp³-hybridized carbons (Fsp3) is 0.200. The average molecular weight is 452 g/mol. The molecule has 1 aromatic heterocycles. The van der Waals surface area contributed by atoms with Gasteiger partial charge in [0.05, 0.1) is 10.6 Å². The number of urea groups is 1. The molecule has 162 valence electrons. The monoisotopic (exact) mass is 451 g/mol. The molecule has 0 radical (unpaired) electrons. The molecule has 0 fully saturated rings. The van der Waals surface area contributed by atoms with Crippen LogP contribution in [0.2, 0.25) is 5.02 Å². The number of benzene rings is 2. The number of aromatic nitrogens is 3. The maximum atomic E-state index is 12.8. The van der Waals surface area contributed by atoms with Gasteiger partial charge in [0.2, 0.25) is 0 Å². The zero-order valence-electron chi connectivity index (χ0n) is 16.4. The summed E-state index contributed by atoms with van der Waals surface area (Å²) in [6, 6.07) is 8.26. The highest BCUT2D eigenvalue weighted by Gasteiger charge is 2.30. The summed E-state index contributed by atoms with van der Waals surface area (Å²) in [6.45, 7) is 0.212. The van der Waals surface area contributed by atoms with Crippen LogP contribution in [-0.4, -0.2) is 45.1 Å². The lowest BCUT2D eigenvalue weighted by Gasteiger charge is -2.13. The maximum Gasteiger partial charge on any atom is 0.416 e. The van der Waals surface area contributed by atoms with Crippen LogP contribution >= 0.6 is 11.6 Å². The third-order valence-electron chi connectivity index (χ3n) is 4.22. The van der Waals surface area contributed by atoms with Crippen molar-refractivity contribution >= 4 is 17.6 Å². The zero-order chi connectivity index (χ0) is 22.8. The molecule has 3 aromatic rings. The molecule has 0 spiro atoms. The Hall–Kier alpha value is -3.40. The molecule has 7 nitrogen and oxygen atoms in total. The Labute approximate surface area is 180 Å². The van der Waals surface area contributed by atoms with Crippen molar-refractivity contribution in [3.63, 3.8) is 0 Å². The molecule has 31 heavy (non-hydrogen) atoms. The Morgan fingerprint density at radius 1 is 1.06 bits per heavy atom. The van der Waals surface area contributed by atoms with E-state index in [1.807, 2.05) is 0 Å². The van der Waals surface area contributed by atoms with E-state index < -0.39 is 17.8 Å². The van der Waals surface area contributed by atoms with Gasteiger partial charge in [0.1, 0.15) is 0 Å². The van der Waals surface area contributed by atoms with Gasteiger partial charge in [-0.15, -0.1) is 0 Å². The number of nitrogens with one attached hydrogen (secondary N) is 1. The summed E-state index contributed by atoms with van der Waals surface area (Å²) in [5.41, 5.74) is 0.512. The smallest absolute Gasteiger partial charge is 0.416 e. The zero-order valence-corrected chi connectivity index (χ0v) is 17.2. The molecule has 1 heterocycles. The second kappa shape index (κ2) is 8.76. The van der Waals surface area contributed by atoms with Crippen molar-refractivity contribution in [1.29, 1.82) is 0 Å². The molecule has 0 saturated heterocycles. The number of carbonyl (C=O) groups excluding carboxylic acids is 1. The minimum atomic E-state index is -4.47. The van der Waals surface area contributed by atoms with Crippen LogP contribution in [0.5, 0.6) is 6.01 Å². The van der Waals surface area contributed by atoms with Crippen molar-refractivity contribution in [2.45, 2.75) is 12.7 Å². The van der Waals surface area contributed by atoms with Crippen molar-refractivity contribution < 1.29 is 23.1 Å². The minimum Gasteiger partial charge on any atom is -0.479 e. The number of aromatic hydroxyl groups is 1. The maximum absolute atomic E-state index is 12.8. The Bertz CT molecular complexity index is 1100. The molecule has 2 amide bonds. The predicted molar refractivity (Wildman–Crippen MR) is 108 cm³/mol. The molecule has 3 rings (SSSR count). The highest BCUT2D eigenvalue weighted by Crippen LogP contribution is 2.32. The topological polar surface area (TPSA) is 91.2 Å². The van der Waals surface area contributed by atoms with Gasteiger partial charge in [-0.1, -0.05) is 29.8 Å². The van der Waals surface area contributed by atoms with E-state index in [0.717, 1.165) is 12.1 Å². The van der Waals surface area contributed by atoms with Crippen molar-refractivity contribution in [3.8, 4) is 28.8 Å². The lowest BCUT2D eigenvalue weighted by Crippen LogP contribution is -2.33. The first-order chi connectivity index (χ1) is 14.5. The number of alkyl halides is 3. The Kier molecular flexibility index (Phi) is 6.30. The number of rotatable bonds is 4. The van der Waals surface area contributed by atoms with E-state index in [4.69, 9.17) is 11.6 Å². The van der Waals surface area contributed by atoms with E-state index in [1.165, 1.54) is 17.0 Å². The summed E-state index contributed by atoms with van der Waals surface area (Å²) in [4.78, 5) is 25.0. The number of hydrogen-bond acceptors (Lipinski definition) is 5. The number of nitrogens with zero attached hydrogens (tertiary/aromatic N) is 4. The molecule has 2 N–H and O–H groups in total. The van der Waals surface area contributed by atoms with E-state index in [-0.39, 0.29) is 34.8 Å². The lowest BCUT2D eigenvalue weighted by atomic mass is 10.1. The molecule has 0 unspecified atom stereocenters. The standard InChI is InChI=1S/C20H17ClF3N5O2/c1-29(2)19(31)25-10-11-3-8-15(21)14(9-11)17-26-16(27-18(30)28-17)12-4-6-13(7-5-12)20(22,23)24/h3-9H,10H2,1-2H3,(H,25,31)(H,26,27,28,30). The summed E-state index contributed by atoms with van der Waals surface area (Å²) >= 11 is 6.26. The van der Waals surface area contributed by atoms with Crippen LogP contribution in [0.4, 0.5) is 18.0 Å². The first-order valence-corrected chi connectivity index (χ1v) is 9.29. The molecule has 0 atom stereocenters. The lowest BCUT2D eigenvalue weighted by molar-refractivity contribution is -0.137.